The Morgan fingerprint density at radius 2 is 2.00 bits per heavy atom. The number of piperidine rings is 1. The van der Waals surface area contributed by atoms with Crippen LogP contribution < -0.4 is 15.1 Å². The Morgan fingerprint density at radius 1 is 1.14 bits per heavy atom. The maximum atomic E-state index is 12.8. The third-order valence-corrected chi connectivity index (χ3v) is 5.79. The van der Waals surface area contributed by atoms with Gasteiger partial charge in [-0.3, -0.25) is 4.90 Å². The van der Waals surface area contributed by atoms with E-state index in [4.69, 9.17) is 13.9 Å². The van der Waals surface area contributed by atoms with Crippen LogP contribution in [0.1, 0.15) is 25.3 Å². The molecule has 1 unspecified atom stereocenters. The summed E-state index contributed by atoms with van der Waals surface area (Å²) in [4.78, 5) is 15.1. The SMILES string of the molecule is CC1CCCN(Cc2c(O)ccc3cc(-c4ccc5c(c4)OCO5)c(=O)oc23)C1. The zero-order valence-corrected chi connectivity index (χ0v) is 16.3. The van der Waals surface area contributed by atoms with Crippen LogP contribution >= 0.6 is 0 Å². The van der Waals surface area contributed by atoms with E-state index in [1.165, 1.54) is 6.42 Å². The van der Waals surface area contributed by atoms with Crippen molar-refractivity contribution in [2.75, 3.05) is 19.9 Å². The van der Waals surface area contributed by atoms with E-state index in [0.29, 0.717) is 46.2 Å². The van der Waals surface area contributed by atoms with Crippen LogP contribution in [0.4, 0.5) is 0 Å². The molecule has 0 bridgehead atoms. The molecule has 150 valence electrons. The lowest BCUT2D eigenvalue weighted by molar-refractivity contribution is 0.174. The second kappa shape index (κ2) is 7.12. The molecule has 2 aliphatic heterocycles. The van der Waals surface area contributed by atoms with E-state index in [1.807, 2.05) is 12.1 Å². The van der Waals surface area contributed by atoms with Gasteiger partial charge in [-0.2, -0.15) is 0 Å². The first-order valence-corrected chi connectivity index (χ1v) is 9.99. The standard InChI is InChI=1S/C23H23NO5/c1-14-3-2-8-24(11-14)12-18-19(25)6-4-16-9-17(23(26)29-22(16)18)15-5-7-20-21(10-15)28-13-27-20/h4-7,9-10,14,25H,2-3,8,11-13H2,1H3. The van der Waals surface area contributed by atoms with E-state index >= 15 is 0 Å². The topological polar surface area (TPSA) is 72.1 Å². The van der Waals surface area contributed by atoms with Gasteiger partial charge >= 0.3 is 5.63 Å². The largest absolute Gasteiger partial charge is 0.507 e. The summed E-state index contributed by atoms with van der Waals surface area (Å²) in [6.45, 7) is 4.96. The number of fused-ring (bicyclic) bond motifs is 2. The Kier molecular flexibility index (Phi) is 4.43. The number of hydrogen-bond acceptors (Lipinski definition) is 6. The van der Waals surface area contributed by atoms with Crippen LogP contribution in [0.5, 0.6) is 17.2 Å². The van der Waals surface area contributed by atoms with Gasteiger partial charge in [0.05, 0.1) is 11.1 Å². The van der Waals surface area contributed by atoms with Crippen molar-refractivity contribution in [2.24, 2.45) is 5.92 Å². The molecule has 29 heavy (non-hydrogen) atoms. The lowest BCUT2D eigenvalue weighted by Crippen LogP contribution is -2.33. The van der Waals surface area contributed by atoms with E-state index in [0.717, 1.165) is 24.9 Å². The molecule has 1 N–H and O–H groups in total. The summed E-state index contributed by atoms with van der Waals surface area (Å²) in [5, 5.41) is 11.3. The number of benzene rings is 2. The predicted octanol–water partition coefficient (Wildman–Crippen LogP) is 4.13. The van der Waals surface area contributed by atoms with E-state index in [1.54, 1.807) is 24.3 Å². The molecule has 0 spiro atoms. The fourth-order valence-electron chi connectivity index (χ4n) is 4.30. The zero-order valence-electron chi connectivity index (χ0n) is 16.3. The average molecular weight is 393 g/mol. The predicted molar refractivity (Wildman–Crippen MR) is 109 cm³/mol. The third-order valence-electron chi connectivity index (χ3n) is 5.79. The number of likely N-dealkylation sites (tertiary alicyclic amines) is 1. The highest BCUT2D eigenvalue weighted by atomic mass is 16.7. The van der Waals surface area contributed by atoms with Crippen molar-refractivity contribution in [1.82, 2.24) is 4.90 Å². The molecular weight excluding hydrogens is 370 g/mol. The Balaban J connectivity index is 1.56. The lowest BCUT2D eigenvalue weighted by Gasteiger charge is -2.31. The van der Waals surface area contributed by atoms with Crippen LogP contribution in [-0.4, -0.2) is 29.9 Å². The fraction of sp³-hybridized carbons (Fsp3) is 0.348. The number of phenols is 1. The summed E-state index contributed by atoms with van der Waals surface area (Å²) in [5.41, 5.74) is 1.86. The van der Waals surface area contributed by atoms with Crippen LogP contribution in [0.2, 0.25) is 0 Å². The van der Waals surface area contributed by atoms with E-state index in [2.05, 4.69) is 11.8 Å². The third kappa shape index (κ3) is 3.34. The van der Waals surface area contributed by atoms with Crippen molar-refractivity contribution in [3.8, 4) is 28.4 Å². The normalized spacial score (nSPS) is 19.0. The van der Waals surface area contributed by atoms with Crippen LogP contribution in [0.3, 0.4) is 0 Å². The first kappa shape index (κ1) is 18.1. The average Bonchev–Trinajstić information content (AvgIpc) is 3.18. The minimum Gasteiger partial charge on any atom is -0.507 e. The number of nitrogens with zero attached hydrogens (tertiary/aromatic N) is 1. The van der Waals surface area contributed by atoms with Crippen LogP contribution in [-0.2, 0) is 6.54 Å². The lowest BCUT2D eigenvalue weighted by atomic mass is 9.99. The summed E-state index contributed by atoms with van der Waals surface area (Å²) in [6.07, 6.45) is 2.37. The number of rotatable bonds is 3. The van der Waals surface area contributed by atoms with Gasteiger partial charge in [0.15, 0.2) is 11.5 Å². The first-order valence-electron chi connectivity index (χ1n) is 9.99. The van der Waals surface area contributed by atoms with Crippen LogP contribution in [0.15, 0.2) is 45.6 Å². The van der Waals surface area contributed by atoms with Gasteiger partial charge in [-0.25, -0.2) is 4.79 Å². The Morgan fingerprint density at radius 3 is 2.86 bits per heavy atom. The minimum atomic E-state index is -0.435. The fourth-order valence-corrected chi connectivity index (χ4v) is 4.30. The molecule has 3 aromatic rings. The number of hydrogen-bond donors (Lipinski definition) is 1. The summed E-state index contributed by atoms with van der Waals surface area (Å²) < 4.78 is 16.5. The van der Waals surface area contributed by atoms with Crippen molar-refractivity contribution < 1.29 is 19.0 Å². The Bertz CT molecular complexity index is 1140. The van der Waals surface area contributed by atoms with E-state index in [9.17, 15) is 9.90 Å². The quantitative estimate of drug-likeness (QED) is 0.675. The van der Waals surface area contributed by atoms with Crippen LogP contribution in [0, 0.1) is 5.92 Å². The van der Waals surface area contributed by atoms with E-state index < -0.39 is 5.63 Å². The zero-order chi connectivity index (χ0) is 20.0. The summed E-state index contributed by atoms with van der Waals surface area (Å²) in [5.74, 6) is 2.08. The van der Waals surface area contributed by atoms with Gasteiger partial charge in [-0.15, -0.1) is 0 Å². The van der Waals surface area contributed by atoms with Crippen molar-refractivity contribution >= 4 is 11.0 Å². The monoisotopic (exact) mass is 393 g/mol. The maximum absolute atomic E-state index is 12.8. The van der Waals surface area contributed by atoms with Gasteiger partial charge < -0.3 is 19.0 Å². The molecule has 0 aliphatic carbocycles. The Labute approximate surface area is 168 Å². The number of phenolic OH excluding ortho intramolecular Hbond substituents is 1. The molecule has 0 saturated carbocycles. The smallest absolute Gasteiger partial charge is 0.344 e. The van der Waals surface area contributed by atoms with Gasteiger partial charge in [0, 0.05) is 18.5 Å². The molecule has 6 heteroatoms. The molecule has 3 heterocycles. The summed E-state index contributed by atoms with van der Waals surface area (Å²) in [6, 6.07) is 10.7. The molecular formula is C23H23NO5. The first-order chi connectivity index (χ1) is 14.1. The molecule has 2 aliphatic rings. The summed E-state index contributed by atoms with van der Waals surface area (Å²) in [7, 11) is 0. The van der Waals surface area contributed by atoms with Gasteiger partial charge in [0.1, 0.15) is 11.3 Å². The van der Waals surface area contributed by atoms with Crippen LogP contribution in [0.25, 0.3) is 22.1 Å². The second-order valence-corrected chi connectivity index (χ2v) is 7.98. The molecule has 0 amide bonds. The molecule has 1 aromatic heterocycles. The highest BCUT2D eigenvalue weighted by Crippen LogP contribution is 2.36. The molecule has 1 saturated heterocycles. The number of aromatic hydroxyl groups is 1. The van der Waals surface area contributed by atoms with Gasteiger partial charge in [-0.05, 0) is 61.2 Å². The molecule has 1 atom stereocenters. The van der Waals surface area contributed by atoms with Crippen molar-refractivity contribution in [2.45, 2.75) is 26.3 Å². The van der Waals surface area contributed by atoms with Crippen molar-refractivity contribution in [3.05, 3.63) is 52.4 Å². The van der Waals surface area contributed by atoms with Crippen molar-refractivity contribution in [3.63, 3.8) is 0 Å². The highest BCUT2D eigenvalue weighted by Gasteiger charge is 2.21. The van der Waals surface area contributed by atoms with E-state index in [-0.39, 0.29) is 12.5 Å². The molecule has 6 nitrogen and oxygen atoms in total. The van der Waals surface area contributed by atoms with Gasteiger partial charge in [0.2, 0.25) is 6.79 Å². The summed E-state index contributed by atoms with van der Waals surface area (Å²) >= 11 is 0. The highest BCUT2D eigenvalue weighted by molar-refractivity contribution is 5.86. The maximum Gasteiger partial charge on any atom is 0.344 e. The minimum absolute atomic E-state index is 0.162. The molecule has 1 fully saturated rings. The Hall–Kier alpha value is -2.99. The van der Waals surface area contributed by atoms with Crippen molar-refractivity contribution in [1.29, 1.82) is 0 Å². The van der Waals surface area contributed by atoms with Gasteiger partial charge in [-0.1, -0.05) is 13.0 Å². The second-order valence-electron chi connectivity index (χ2n) is 7.98. The molecule has 5 rings (SSSR count). The molecule has 0 radical (unpaired) electrons. The van der Waals surface area contributed by atoms with Gasteiger partial charge in [0.25, 0.3) is 0 Å². The molecule has 2 aromatic carbocycles. The number of ether oxygens (including phenoxy) is 2.